The van der Waals surface area contributed by atoms with E-state index in [1.165, 1.54) is 6.07 Å². The fourth-order valence-corrected chi connectivity index (χ4v) is 2.47. The maximum absolute atomic E-state index is 13.3. The molecule has 0 fully saturated rings. The van der Waals surface area contributed by atoms with Gasteiger partial charge in [-0.25, -0.2) is 8.78 Å². The molecule has 2 rings (SSSR count). The Balaban J connectivity index is 1.88. The summed E-state index contributed by atoms with van der Waals surface area (Å²) >= 11 is 0. The highest BCUT2D eigenvalue weighted by atomic mass is 19.2. The zero-order valence-electron chi connectivity index (χ0n) is 14.2. The number of benzene rings is 2. The highest BCUT2D eigenvalue weighted by Crippen LogP contribution is 2.21. The van der Waals surface area contributed by atoms with Crippen LogP contribution < -0.4 is 4.74 Å². The van der Waals surface area contributed by atoms with E-state index in [2.05, 4.69) is 0 Å². The Labute approximate surface area is 141 Å². The van der Waals surface area contributed by atoms with E-state index in [0.29, 0.717) is 17.9 Å². The molecule has 0 aliphatic rings. The first-order chi connectivity index (χ1) is 11.4. The van der Waals surface area contributed by atoms with Crippen LogP contribution in [0.25, 0.3) is 0 Å². The van der Waals surface area contributed by atoms with Gasteiger partial charge in [0.25, 0.3) is 0 Å². The number of aryl methyl sites for hydroxylation is 1. The monoisotopic (exact) mass is 335 g/mol. The molecule has 5 heteroatoms. The third-order valence-corrected chi connectivity index (χ3v) is 4.02. The molecular weight excluding hydrogens is 312 g/mol. The minimum atomic E-state index is -0.865. The normalized spacial score (nSPS) is 13.8. The van der Waals surface area contributed by atoms with Gasteiger partial charge in [-0.1, -0.05) is 18.2 Å². The van der Waals surface area contributed by atoms with Crippen LogP contribution in [-0.2, 0) is 0 Å². The summed E-state index contributed by atoms with van der Waals surface area (Å²) in [4.78, 5) is 1.87. The Bertz CT molecular complexity index is 678. The molecule has 0 amide bonds. The number of ether oxygens (including phenoxy) is 1. The molecule has 0 aromatic heterocycles. The summed E-state index contributed by atoms with van der Waals surface area (Å²) < 4.78 is 31.9. The summed E-state index contributed by atoms with van der Waals surface area (Å²) in [7, 11) is 1.82. The highest BCUT2D eigenvalue weighted by Gasteiger charge is 2.17. The number of aliphatic hydroxyl groups is 1. The summed E-state index contributed by atoms with van der Waals surface area (Å²) in [5, 5.41) is 10.1. The predicted molar refractivity (Wildman–Crippen MR) is 90.1 cm³/mol. The van der Waals surface area contributed by atoms with E-state index in [4.69, 9.17) is 4.74 Å². The number of halogens is 2. The van der Waals surface area contributed by atoms with Crippen molar-refractivity contribution < 1.29 is 18.6 Å². The quantitative estimate of drug-likeness (QED) is 0.837. The minimum absolute atomic E-state index is 0.159. The van der Waals surface area contributed by atoms with Crippen molar-refractivity contribution >= 4 is 0 Å². The number of rotatable bonds is 7. The number of hydrogen-bond donors (Lipinski definition) is 1. The van der Waals surface area contributed by atoms with Gasteiger partial charge in [0.05, 0.1) is 0 Å². The molecule has 3 nitrogen and oxygen atoms in total. The van der Waals surface area contributed by atoms with E-state index < -0.39 is 17.7 Å². The lowest BCUT2D eigenvalue weighted by atomic mass is 10.1. The summed E-state index contributed by atoms with van der Waals surface area (Å²) in [5.41, 5.74) is 1.74. The van der Waals surface area contributed by atoms with Crippen LogP contribution >= 0.6 is 0 Å². The molecule has 0 spiro atoms. The molecule has 24 heavy (non-hydrogen) atoms. The van der Waals surface area contributed by atoms with Gasteiger partial charge < -0.3 is 9.84 Å². The Morgan fingerprint density at radius 3 is 2.54 bits per heavy atom. The number of hydrogen-bond acceptors (Lipinski definition) is 3. The van der Waals surface area contributed by atoms with Crippen molar-refractivity contribution in [3.63, 3.8) is 0 Å². The van der Waals surface area contributed by atoms with Crippen LogP contribution in [0.15, 0.2) is 42.5 Å². The van der Waals surface area contributed by atoms with Crippen molar-refractivity contribution in [3.05, 3.63) is 65.2 Å². The Morgan fingerprint density at radius 2 is 1.88 bits per heavy atom. The molecule has 0 radical (unpaired) electrons. The first-order valence-corrected chi connectivity index (χ1v) is 7.89. The molecule has 1 N–H and O–H groups in total. The molecule has 2 aromatic rings. The van der Waals surface area contributed by atoms with Crippen molar-refractivity contribution in [2.45, 2.75) is 26.0 Å². The van der Waals surface area contributed by atoms with Crippen LogP contribution in [0.3, 0.4) is 0 Å². The number of nitrogens with zero attached hydrogens (tertiary/aromatic N) is 1. The van der Waals surface area contributed by atoms with E-state index in [0.717, 1.165) is 11.6 Å². The summed E-state index contributed by atoms with van der Waals surface area (Å²) in [5.74, 6) is -1.01. The molecule has 0 heterocycles. The van der Waals surface area contributed by atoms with Gasteiger partial charge in [-0.15, -0.1) is 0 Å². The molecule has 0 aliphatic carbocycles. The van der Waals surface area contributed by atoms with E-state index >= 15 is 0 Å². The van der Waals surface area contributed by atoms with Crippen molar-refractivity contribution in [2.75, 3.05) is 20.2 Å². The average Bonchev–Trinajstić information content (AvgIpc) is 2.55. The molecule has 2 atom stereocenters. The van der Waals surface area contributed by atoms with Gasteiger partial charge in [0.2, 0.25) is 0 Å². The predicted octanol–water partition coefficient (Wildman–Crippen LogP) is 3.71. The molecule has 0 bridgehead atoms. The smallest absolute Gasteiger partial charge is 0.159 e. The molecule has 0 saturated carbocycles. The lowest BCUT2D eigenvalue weighted by molar-refractivity contribution is 0.0653. The molecular formula is C19H23F2NO2. The van der Waals surface area contributed by atoms with Gasteiger partial charge in [0.1, 0.15) is 18.5 Å². The van der Waals surface area contributed by atoms with Crippen LogP contribution in [0, 0.1) is 18.6 Å². The highest BCUT2D eigenvalue weighted by molar-refractivity contribution is 5.27. The summed E-state index contributed by atoms with van der Waals surface area (Å²) in [6.07, 6.45) is -0.691. The molecule has 130 valence electrons. The van der Waals surface area contributed by atoms with Gasteiger partial charge in [-0.05, 0) is 56.3 Å². The van der Waals surface area contributed by atoms with Gasteiger partial charge in [0.15, 0.2) is 11.6 Å². The standard InChI is InChI=1S/C19H23F2NO2/c1-13-5-4-6-17(9-13)24-12-16(23)11-22(3)14(2)15-7-8-18(20)19(21)10-15/h4-10,14,16,23H,11-12H2,1-3H3. The molecule has 2 unspecified atom stereocenters. The first-order valence-electron chi connectivity index (χ1n) is 7.89. The van der Waals surface area contributed by atoms with Gasteiger partial charge >= 0.3 is 0 Å². The van der Waals surface area contributed by atoms with E-state index in [9.17, 15) is 13.9 Å². The molecule has 0 saturated heterocycles. The lowest BCUT2D eigenvalue weighted by Crippen LogP contribution is -2.34. The van der Waals surface area contributed by atoms with Crippen molar-refractivity contribution in [1.29, 1.82) is 0 Å². The first kappa shape index (κ1) is 18.4. The number of likely N-dealkylation sites (N-methyl/N-ethyl adjacent to an activating group) is 1. The minimum Gasteiger partial charge on any atom is -0.491 e. The van der Waals surface area contributed by atoms with Gasteiger partial charge in [0, 0.05) is 12.6 Å². The van der Waals surface area contributed by atoms with Crippen LogP contribution in [0.2, 0.25) is 0 Å². The van der Waals surface area contributed by atoms with Crippen LogP contribution in [0.1, 0.15) is 24.1 Å². The summed E-state index contributed by atoms with van der Waals surface area (Å²) in [6, 6.07) is 11.3. The zero-order chi connectivity index (χ0) is 17.7. The average molecular weight is 335 g/mol. The van der Waals surface area contributed by atoms with Crippen LogP contribution in [-0.4, -0.2) is 36.3 Å². The second kappa shape index (κ2) is 8.22. The lowest BCUT2D eigenvalue weighted by Gasteiger charge is -2.27. The van der Waals surface area contributed by atoms with Crippen molar-refractivity contribution in [2.24, 2.45) is 0 Å². The van der Waals surface area contributed by atoms with E-state index in [1.807, 2.05) is 50.1 Å². The Hall–Kier alpha value is -1.98. The maximum atomic E-state index is 13.3. The van der Waals surface area contributed by atoms with E-state index in [-0.39, 0.29) is 12.6 Å². The summed E-state index contributed by atoms with van der Waals surface area (Å²) in [6.45, 7) is 4.37. The van der Waals surface area contributed by atoms with Crippen molar-refractivity contribution in [3.8, 4) is 5.75 Å². The third kappa shape index (κ3) is 5.01. The van der Waals surface area contributed by atoms with E-state index in [1.54, 1.807) is 6.07 Å². The molecule has 0 aliphatic heterocycles. The largest absolute Gasteiger partial charge is 0.491 e. The van der Waals surface area contributed by atoms with Crippen LogP contribution in [0.4, 0.5) is 8.78 Å². The topological polar surface area (TPSA) is 32.7 Å². The maximum Gasteiger partial charge on any atom is 0.159 e. The SMILES string of the molecule is Cc1cccc(OCC(O)CN(C)C(C)c2ccc(F)c(F)c2)c1. The number of aliphatic hydroxyl groups excluding tert-OH is 1. The van der Waals surface area contributed by atoms with Gasteiger partial charge in [-0.3, -0.25) is 4.90 Å². The molecule has 2 aromatic carbocycles. The second-order valence-electron chi connectivity index (χ2n) is 6.07. The van der Waals surface area contributed by atoms with Gasteiger partial charge in [-0.2, -0.15) is 0 Å². The zero-order valence-corrected chi connectivity index (χ0v) is 14.2. The second-order valence-corrected chi connectivity index (χ2v) is 6.07. The third-order valence-electron chi connectivity index (χ3n) is 4.02. The Morgan fingerprint density at radius 1 is 1.12 bits per heavy atom. The van der Waals surface area contributed by atoms with Crippen LogP contribution in [0.5, 0.6) is 5.75 Å². The van der Waals surface area contributed by atoms with Crippen molar-refractivity contribution in [1.82, 2.24) is 4.90 Å². The Kier molecular flexibility index (Phi) is 6.29. The fraction of sp³-hybridized carbons (Fsp3) is 0.368. The fourth-order valence-electron chi connectivity index (χ4n) is 2.47.